The van der Waals surface area contributed by atoms with Crippen LogP contribution < -0.4 is 5.32 Å². The highest BCUT2D eigenvalue weighted by atomic mass is 35.5. The van der Waals surface area contributed by atoms with Crippen LogP contribution in [0.1, 0.15) is 12.5 Å². The number of carbonyl (C=O) groups excluding carboxylic acids is 1. The van der Waals surface area contributed by atoms with E-state index in [2.05, 4.69) is 5.32 Å². The maximum absolute atomic E-state index is 12.7. The van der Waals surface area contributed by atoms with Crippen LogP contribution in [0.2, 0.25) is 5.02 Å². The topological polar surface area (TPSA) is 69.6 Å². The van der Waals surface area contributed by atoms with Crippen LogP contribution in [-0.2, 0) is 15.8 Å². The molecule has 1 atom stereocenters. The number of halogens is 4. The predicted octanol–water partition coefficient (Wildman–Crippen LogP) is 2.70. The lowest BCUT2D eigenvalue weighted by atomic mass is 10.2. The first-order valence-electron chi connectivity index (χ1n) is 6.12. The number of amides is 1. The van der Waals surface area contributed by atoms with E-state index in [1.807, 2.05) is 0 Å². The van der Waals surface area contributed by atoms with Gasteiger partial charge in [-0.3, -0.25) is 14.5 Å². The summed E-state index contributed by atoms with van der Waals surface area (Å²) in [5, 5.41) is 10.6. The number of nitrogens with zero attached hydrogens (tertiary/aromatic N) is 1. The van der Waals surface area contributed by atoms with E-state index >= 15 is 0 Å². The summed E-state index contributed by atoms with van der Waals surface area (Å²) < 4.78 is 38.1. The van der Waals surface area contributed by atoms with Crippen molar-refractivity contribution in [2.75, 3.05) is 18.9 Å². The molecule has 5 nitrogen and oxygen atoms in total. The fourth-order valence-corrected chi connectivity index (χ4v) is 1.80. The molecule has 1 rings (SSSR count). The van der Waals surface area contributed by atoms with Gasteiger partial charge in [-0.1, -0.05) is 11.6 Å². The van der Waals surface area contributed by atoms with E-state index in [1.165, 1.54) is 24.9 Å². The van der Waals surface area contributed by atoms with Gasteiger partial charge in [-0.2, -0.15) is 13.2 Å². The van der Waals surface area contributed by atoms with Crippen LogP contribution in [0.3, 0.4) is 0 Å². The van der Waals surface area contributed by atoms with Gasteiger partial charge in [0, 0.05) is 5.69 Å². The van der Waals surface area contributed by atoms with Crippen LogP contribution >= 0.6 is 11.6 Å². The molecule has 0 saturated carbocycles. The summed E-state index contributed by atoms with van der Waals surface area (Å²) in [7, 11) is 1.42. The molecule has 0 heterocycles. The molecule has 0 aliphatic heterocycles. The highest BCUT2D eigenvalue weighted by Gasteiger charge is 2.33. The Morgan fingerprint density at radius 1 is 1.41 bits per heavy atom. The molecule has 0 fully saturated rings. The number of nitrogens with one attached hydrogen (secondary N) is 1. The zero-order valence-corrected chi connectivity index (χ0v) is 12.5. The molecule has 1 aromatic rings. The van der Waals surface area contributed by atoms with Gasteiger partial charge in [0.15, 0.2) is 0 Å². The SMILES string of the molecule is C[C@@H](C(=O)O)N(C)CC(=O)Nc1ccc(Cl)c(C(F)(F)F)c1. The van der Waals surface area contributed by atoms with Crippen molar-refractivity contribution in [2.24, 2.45) is 0 Å². The largest absolute Gasteiger partial charge is 0.480 e. The van der Waals surface area contributed by atoms with Crippen molar-refractivity contribution in [1.29, 1.82) is 0 Å². The summed E-state index contributed by atoms with van der Waals surface area (Å²) in [5.41, 5.74) is -1.13. The summed E-state index contributed by atoms with van der Waals surface area (Å²) >= 11 is 5.47. The predicted molar refractivity (Wildman–Crippen MR) is 74.8 cm³/mol. The van der Waals surface area contributed by atoms with E-state index in [1.54, 1.807) is 0 Å². The molecule has 0 unspecified atom stereocenters. The summed E-state index contributed by atoms with van der Waals surface area (Å²) in [6.45, 7) is 1.11. The van der Waals surface area contributed by atoms with Gasteiger partial charge < -0.3 is 10.4 Å². The van der Waals surface area contributed by atoms with Gasteiger partial charge in [0.2, 0.25) is 5.91 Å². The zero-order valence-electron chi connectivity index (χ0n) is 11.7. The molecule has 0 bridgehead atoms. The molecule has 1 amide bonds. The number of rotatable bonds is 5. The van der Waals surface area contributed by atoms with Crippen molar-refractivity contribution < 1.29 is 27.9 Å². The van der Waals surface area contributed by atoms with Crippen LogP contribution in [-0.4, -0.2) is 41.5 Å². The molecule has 1 aromatic carbocycles. The second-order valence-corrected chi connectivity index (χ2v) is 5.08. The molecule has 122 valence electrons. The molecular formula is C13H14ClF3N2O3. The molecule has 0 spiro atoms. The number of benzene rings is 1. The Morgan fingerprint density at radius 2 is 2.00 bits per heavy atom. The number of carboxylic acid groups (broad SMARTS) is 1. The maximum Gasteiger partial charge on any atom is 0.417 e. The maximum atomic E-state index is 12.7. The Kier molecular flexibility index (Phi) is 5.78. The van der Waals surface area contributed by atoms with Gasteiger partial charge in [-0.15, -0.1) is 0 Å². The van der Waals surface area contributed by atoms with Crippen molar-refractivity contribution in [3.8, 4) is 0 Å². The standard InChI is InChI=1S/C13H14ClF3N2O3/c1-7(12(21)22)19(2)6-11(20)18-8-3-4-10(14)9(5-8)13(15,16)17/h3-5,7H,6H2,1-2H3,(H,18,20)(H,21,22)/t7-/m0/s1. The third kappa shape index (κ3) is 4.88. The van der Waals surface area contributed by atoms with Crippen molar-refractivity contribution in [1.82, 2.24) is 4.90 Å². The Hall–Kier alpha value is -1.80. The fourth-order valence-electron chi connectivity index (χ4n) is 1.57. The molecule has 0 aliphatic carbocycles. The molecule has 0 radical (unpaired) electrons. The summed E-state index contributed by atoms with van der Waals surface area (Å²) in [6.07, 6.45) is -4.63. The average molecular weight is 339 g/mol. The Labute approximate surface area is 129 Å². The lowest BCUT2D eigenvalue weighted by Crippen LogP contribution is -2.40. The van der Waals surface area contributed by atoms with Crippen LogP contribution in [0.4, 0.5) is 18.9 Å². The Balaban J connectivity index is 2.79. The first kappa shape index (κ1) is 18.2. The molecule has 9 heteroatoms. The molecule has 0 saturated heterocycles. The van der Waals surface area contributed by atoms with Gasteiger partial charge in [-0.05, 0) is 32.2 Å². The second kappa shape index (κ2) is 6.97. The number of aliphatic carboxylic acids is 1. The Morgan fingerprint density at radius 3 is 2.50 bits per heavy atom. The van der Waals surface area contributed by atoms with E-state index < -0.39 is 34.7 Å². The van der Waals surface area contributed by atoms with Crippen molar-refractivity contribution in [3.63, 3.8) is 0 Å². The highest BCUT2D eigenvalue weighted by Crippen LogP contribution is 2.36. The monoisotopic (exact) mass is 338 g/mol. The number of carbonyl (C=O) groups is 2. The van der Waals surface area contributed by atoms with E-state index in [9.17, 15) is 22.8 Å². The minimum atomic E-state index is -4.63. The molecule has 0 aromatic heterocycles. The third-order valence-electron chi connectivity index (χ3n) is 2.97. The molecule has 22 heavy (non-hydrogen) atoms. The number of alkyl halides is 3. The summed E-state index contributed by atoms with van der Waals surface area (Å²) in [4.78, 5) is 23.7. The van der Waals surface area contributed by atoms with Crippen molar-refractivity contribution >= 4 is 29.2 Å². The first-order valence-corrected chi connectivity index (χ1v) is 6.50. The minimum Gasteiger partial charge on any atom is -0.480 e. The lowest BCUT2D eigenvalue weighted by Gasteiger charge is -2.20. The fraction of sp³-hybridized carbons (Fsp3) is 0.385. The average Bonchev–Trinajstić information content (AvgIpc) is 2.38. The van der Waals surface area contributed by atoms with Crippen LogP contribution in [0.15, 0.2) is 18.2 Å². The summed E-state index contributed by atoms with van der Waals surface area (Å²) in [5.74, 6) is -1.74. The quantitative estimate of drug-likeness (QED) is 0.866. The molecular weight excluding hydrogens is 325 g/mol. The summed E-state index contributed by atoms with van der Waals surface area (Å²) in [6, 6.07) is 2.09. The molecule has 2 N–H and O–H groups in total. The normalized spacial score (nSPS) is 13.0. The van der Waals surface area contributed by atoms with Gasteiger partial charge in [0.05, 0.1) is 17.1 Å². The lowest BCUT2D eigenvalue weighted by molar-refractivity contribution is -0.142. The zero-order chi connectivity index (χ0) is 17.1. The smallest absolute Gasteiger partial charge is 0.417 e. The van der Waals surface area contributed by atoms with E-state index in [4.69, 9.17) is 16.7 Å². The minimum absolute atomic E-state index is 0.0712. The van der Waals surface area contributed by atoms with Gasteiger partial charge in [-0.25, -0.2) is 0 Å². The van der Waals surface area contributed by atoms with E-state index in [0.29, 0.717) is 0 Å². The second-order valence-electron chi connectivity index (χ2n) is 4.67. The number of hydrogen-bond donors (Lipinski definition) is 2. The third-order valence-corrected chi connectivity index (χ3v) is 3.30. The van der Waals surface area contributed by atoms with E-state index in [-0.39, 0.29) is 12.2 Å². The number of carboxylic acids is 1. The van der Waals surface area contributed by atoms with Crippen LogP contribution in [0.25, 0.3) is 0 Å². The highest BCUT2D eigenvalue weighted by molar-refractivity contribution is 6.31. The molecule has 0 aliphatic rings. The van der Waals surface area contributed by atoms with Crippen molar-refractivity contribution in [2.45, 2.75) is 19.1 Å². The van der Waals surface area contributed by atoms with Gasteiger partial charge >= 0.3 is 12.1 Å². The van der Waals surface area contributed by atoms with Crippen LogP contribution in [0.5, 0.6) is 0 Å². The van der Waals surface area contributed by atoms with Crippen molar-refractivity contribution in [3.05, 3.63) is 28.8 Å². The number of likely N-dealkylation sites (N-methyl/N-ethyl adjacent to an activating group) is 1. The Bertz CT molecular complexity index is 578. The first-order chi connectivity index (χ1) is 10.0. The number of anilines is 1. The van der Waals surface area contributed by atoms with Gasteiger partial charge in [0.1, 0.15) is 6.04 Å². The van der Waals surface area contributed by atoms with E-state index in [0.717, 1.165) is 12.1 Å². The van der Waals surface area contributed by atoms with Crippen LogP contribution in [0, 0.1) is 0 Å². The number of hydrogen-bond acceptors (Lipinski definition) is 3. The van der Waals surface area contributed by atoms with Gasteiger partial charge in [0.25, 0.3) is 0 Å².